The fourth-order valence-electron chi connectivity index (χ4n) is 2.49. The maximum absolute atomic E-state index is 12.4. The van der Waals surface area contributed by atoms with Crippen LogP contribution in [0, 0.1) is 0 Å². The normalized spacial score (nSPS) is 13.7. The highest BCUT2D eigenvalue weighted by atomic mass is 32.1. The quantitative estimate of drug-likeness (QED) is 0.755. The molecule has 0 aliphatic heterocycles. The predicted octanol–water partition coefficient (Wildman–Crippen LogP) is 4.05. The summed E-state index contributed by atoms with van der Waals surface area (Å²) in [5, 5.41) is 6.89. The van der Waals surface area contributed by atoms with Crippen molar-refractivity contribution in [2.24, 2.45) is 0 Å². The van der Waals surface area contributed by atoms with Crippen molar-refractivity contribution in [3.63, 3.8) is 0 Å². The zero-order valence-electron chi connectivity index (χ0n) is 12.9. The lowest BCUT2D eigenvalue weighted by Crippen LogP contribution is -2.25. The number of rotatable bonds is 4. The van der Waals surface area contributed by atoms with Gasteiger partial charge in [-0.25, -0.2) is 0 Å². The second-order valence-corrected chi connectivity index (χ2v) is 7.01. The van der Waals surface area contributed by atoms with Crippen molar-refractivity contribution in [2.45, 2.75) is 18.9 Å². The zero-order valence-corrected chi connectivity index (χ0v) is 13.7. The third-order valence-electron chi connectivity index (χ3n) is 3.97. The molecule has 24 heavy (non-hydrogen) atoms. The van der Waals surface area contributed by atoms with Crippen molar-refractivity contribution in [2.75, 3.05) is 5.32 Å². The van der Waals surface area contributed by atoms with Gasteiger partial charge in [-0.3, -0.25) is 9.59 Å². The summed E-state index contributed by atoms with van der Waals surface area (Å²) in [4.78, 5) is 25.0. The lowest BCUT2D eigenvalue weighted by molar-refractivity contribution is 0.0950. The molecular weight excluding hydrogens is 320 g/mol. The average molecular weight is 336 g/mol. The second kappa shape index (κ2) is 6.09. The SMILES string of the molecule is O=C(NC1CC1)c1ccc(NC(=O)c2cc3ccccc3s2)cc1. The Balaban J connectivity index is 1.45. The summed E-state index contributed by atoms with van der Waals surface area (Å²) in [6.45, 7) is 0. The number of carbonyl (C=O) groups excluding carboxylic acids is 2. The van der Waals surface area contributed by atoms with Gasteiger partial charge in [0.1, 0.15) is 0 Å². The third-order valence-corrected chi connectivity index (χ3v) is 5.08. The molecule has 0 atom stereocenters. The van der Waals surface area contributed by atoms with Gasteiger partial charge in [-0.2, -0.15) is 0 Å². The lowest BCUT2D eigenvalue weighted by atomic mass is 10.2. The van der Waals surface area contributed by atoms with E-state index in [2.05, 4.69) is 10.6 Å². The van der Waals surface area contributed by atoms with Gasteiger partial charge in [0, 0.05) is 22.0 Å². The number of amides is 2. The Labute approximate surface area is 143 Å². The average Bonchev–Trinajstić information content (AvgIpc) is 3.29. The summed E-state index contributed by atoms with van der Waals surface area (Å²) in [6.07, 6.45) is 2.13. The van der Waals surface area contributed by atoms with E-state index in [1.54, 1.807) is 24.3 Å². The minimum atomic E-state index is -0.133. The van der Waals surface area contributed by atoms with Crippen molar-refractivity contribution in [1.29, 1.82) is 0 Å². The summed E-state index contributed by atoms with van der Waals surface area (Å²) in [5.41, 5.74) is 1.29. The molecule has 0 radical (unpaired) electrons. The van der Waals surface area contributed by atoms with Gasteiger partial charge in [-0.15, -0.1) is 11.3 Å². The van der Waals surface area contributed by atoms with Gasteiger partial charge >= 0.3 is 0 Å². The molecule has 0 saturated heterocycles. The van der Waals surface area contributed by atoms with Crippen molar-refractivity contribution < 1.29 is 9.59 Å². The Kier molecular flexibility index (Phi) is 3.78. The molecule has 1 aliphatic rings. The van der Waals surface area contributed by atoms with E-state index in [9.17, 15) is 9.59 Å². The number of thiophene rings is 1. The summed E-state index contributed by atoms with van der Waals surface area (Å²) in [6, 6.07) is 17.1. The van der Waals surface area contributed by atoms with Crippen molar-refractivity contribution in [3.05, 3.63) is 65.0 Å². The third kappa shape index (κ3) is 3.16. The molecule has 1 fully saturated rings. The van der Waals surface area contributed by atoms with Crippen LogP contribution < -0.4 is 10.6 Å². The Morgan fingerprint density at radius 1 is 0.958 bits per heavy atom. The van der Waals surface area contributed by atoms with Gasteiger partial charge in [0.25, 0.3) is 11.8 Å². The highest BCUT2D eigenvalue weighted by Crippen LogP contribution is 2.26. The van der Waals surface area contributed by atoms with Crippen molar-refractivity contribution in [3.8, 4) is 0 Å². The van der Waals surface area contributed by atoms with Gasteiger partial charge < -0.3 is 10.6 Å². The fourth-order valence-corrected chi connectivity index (χ4v) is 3.45. The Bertz CT molecular complexity index is 878. The first-order chi connectivity index (χ1) is 11.7. The molecule has 5 heteroatoms. The molecule has 3 aromatic rings. The van der Waals surface area contributed by atoms with Gasteiger partial charge in [0.2, 0.25) is 0 Å². The number of anilines is 1. The highest BCUT2D eigenvalue weighted by molar-refractivity contribution is 7.20. The van der Waals surface area contributed by atoms with Crippen LogP contribution in [0.4, 0.5) is 5.69 Å². The molecule has 1 heterocycles. The van der Waals surface area contributed by atoms with Crippen LogP contribution in [0.1, 0.15) is 32.9 Å². The summed E-state index contributed by atoms with van der Waals surface area (Å²) in [7, 11) is 0. The molecule has 2 amide bonds. The van der Waals surface area contributed by atoms with Crippen LogP contribution in [0.15, 0.2) is 54.6 Å². The monoisotopic (exact) mass is 336 g/mol. The fraction of sp³-hybridized carbons (Fsp3) is 0.158. The standard InChI is InChI=1S/C19H16N2O2S/c22-18(20-15-9-10-15)12-5-7-14(8-6-12)21-19(23)17-11-13-3-1-2-4-16(13)24-17/h1-8,11,15H,9-10H2,(H,20,22)(H,21,23). The molecule has 0 bridgehead atoms. The van der Waals surface area contributed by atoms with E-state index in [1.165, 1.54) is 11.3 Å². The van der Waals surface area contributed by atoms with Crippen LogP contribution in [0.2, 0.25) is 0 Å². The second-order valence-electron chi connectivity index (χ2n) is 5.93. The highest BCUT2D eigenvalue weighted by Gasteiger charge is 2.23. The first-order valence-electron chi connectivity index (χ1n) is 7.90. The molecule has 0 unspecified atom stereocenters. The molecule has 2 aromatic carbocycles. The van der Waals surface area contributed by atoms with Crippen LogP contribution in [-0.4, -0.2) is 17.9 Å². The van der Waals surface area contributed by atoms with Gasteiger partial charge in [-0.1, -0.05) is 18.2 Å². The smallest absolute Gasteiger partial charge is 0.265 e. The van der Waals surface area contributed by atoms with Crippen molar-refractivity contribution in [1.82, 2.24) is 5.32 Å². The van der Waals surface area contributed by atoms with E-state index >= 15 is 0 Å². The van der Waals surface area contributed by atoms with E-state index in [1.807, 2.05) is 30.3 Å². The molecular formula is C19H16N2O2S. The van der Waals surface area contributed by atoms with E-state index in [-0.39, 0.29) is 11.8 Å². The van der Waals surface area contributed by atoms with Gasteiger partial charge in [-0.05, 0) is 54.6 Å². The van der Waals surface area contributed by atoms with Crippen LogP contribution in [0.25, 0.3) is 10.1 Å². The number of carbonyl (C=O) groups is 2. The molecule has 1 aliphatic carbocycles. The number of fused-ring (bicyclic) bond motifs is 1. The number of benzene rings is 2. The number of nitrogens with one attached hydrogen (secondary N) is 2. The molecule has 120 valence electrons. The molecule has 1 saturated carbocycles. The lowest BCUT2D eigenvalue weighted by Gasteiger charge is -2.06. The zero-order chi connectivity index (χ0) is 16.5. The summed E-state index contributed by atoms with van der Waals surface area (Å²) in [5.74, 6) is -0.189. The maximum Gasteiger partial charge on any atom is 0.265 e. The van der Waals surface area contributed by atoms with Crippen molar-refractivity contribution >= 4 is 38.9 Å². The molecule has 4 rings (SSSR count). The van der Waals surface area contributed by atoms with E-state index < -0.39 is 0 Å². The van der Waals surface area contributed by atoms with E-state index in [0.29, 0.717) is 22.2 Å². The maximum atomic E-state index is 12.4. The van der Waals surface area contributed by atoms with Gasteiger partial charge in [0.05, 0.1) is 4.88 Å². The Hall–Kier alpha value is -2.66. The van der Waals surface area contributed by atoms with Crippen LogP contribution in [-0.2, 0) is 0 Å². The molecule has 2 N–H and O–H groups in total. The topological polar surface area (TPSA) is 58.2 Å². The first-order valence-corrected chi connectivity index (χ1v) is 8.71. The summed E-state index contributed by atoms with van der Waals surface area (Å²) >= 11 is 1.47. The summed E-state index contributed by atoms with van der Waals surface area (Å²) < 4.78 is 1.09. The van der Waals surface area contributed by atoms with Gasteiger partial charge in [0.15, 0.2) is 0 Å². The molecule has 4 nitrogen and oxygen atoms in total. The first kappa shape index (κ1) is 14.9. The van der Waals surface area contributed by atoms with Crippen LogP contribution in [0.5, 0.6) is 0 Å². The van der Waals surface area contributed by atoms with Crippen LogP contribution >= 0.6 is 11.3 Å². The number of hydrogen-bond acceptors (Lipinski definition) is 3. The minimum absolute atomic E-state index is 0.0557. The largest absolute Gasteiger partial charge is 0.349 e. The molecule has 0 spiro atoms. The Morgan fingerprint density at radius 2 is 1.71 bits per heavy atom. The van der Waals surface area contributed by atoms with Crippen LogP contribution in [0.3, 0.4) is 0 Å². The molecule has 1 aromatic heterocycles. The Morgan fingerprint density at radius 3 is 2.42 bits per heavy atom. The minimum Gasteiger partial charge on any atom is -0.349 e. The van der Waals surface area contributed by atoms with E-state index in [4.69, 9.17) is 0 Å². The predicted molar refractivity (Wildman–Crippen MR) is 96.7 cm³/mol. The van der Waals surface area contributed by atoms with E-state index in [0.717, 1.165) is 22.9 Å². The number of hydrogen-bond donors (Lipinski definition) is 2.